The molecule has 0 unspecified atom stereocenters. The molecule has 3 rings (SSSR count). The van der Waals surface area contributed by atoms with Crippen LogP contribution in [0.15, 0.2) is 87.8 Å². The van der Waals surface area contributed by atoms with E-state index in [0.29, 0.717) is 40.9 Å². The van der Waals surface area contributed by atoms with Crippen molar-refractivity contribution >= 4 is 59.8 Å². The predicted molar refractivity (Wildman–Crippen MR) is 141 cm³/mol. The Morgan fingerprint density at radius 3 is 1.16 bits per heavy atom. The van der Waals surface area contributed by atoms with E-state index in [1.807, 2.05) is 0 Å². The van der Waals surface area contributed by atoms with Crippen molar-refractivity contribution in [1.82, 2.24) is 0 Å². The van der Waals surface area contributed by atoms with Gasteiger partial charge >= 0.3 is 12.7 Å². The maximum absolute atomic E-state index is 10.4. The highest BCUT2D eigenvalue weighted by Gasteiger charge is 2.27. The highest BCUT2D eigenvalue weighted by molar-refractivity contribution is 8.08. The second kappa shape index (κ2) is 15.4. The highest BCUT2D eigenvalue weighted by Crippen LogP contribution is 2.50. The Hall–Kier alpha value is -4.68. The summed E-state index contributed by atoms with van der Waals surface area (Å²) in [5.41, 5.74) is 1.17. The maximum Gasteiger partial charge on any atom is 0.490 e. The maximum atomic E-state index is 10.4. The lowest BCUT2D eigenvalue weighted by atomic mass is 10.3. The molecule has 0 spiro atoms. The van der Waals surface area contributed by atoms with E-state index in [1.54, 1.807) is 79.7 Å². The molecule has 0 amide bonds. The average molecular weight is 553 g/mol. The molecule has 0 fully saturated rings. The first-order valence-corrected chi connectivity index (χ1v) is 13.2. The molecule has 194 valence electrons. The number of ether oxygens (including phenoxy) is 1. The fourth-order valence-electron chi connectivity index (χ4n) is 2.55. The van der Waals surface area contributed by atoms with E-state index in [9.17, 15) is 19.2 Å². The van der Waals surface area contributed by atoms with E-state index in [4.69, 9.17) is 25.4 Å². The highest BCUT2D eigenvalue weighted by atomic mass is 32.5. The minimum atomic E-state index is -3.47. The number of aliphatic imine (C=N–C) groups is 3. The van der Waals surface area contributed by atoms with E-state index in [0.717, 1.165) is 0 Å². The molecule has 0 heterocycles. The molecule has 11 nitrogen and oxygen atoms in total. The van der Waals surface area contributed by atoms with Gasteiger partial charge in [0.15, 0.2) is 0 Å². The predicted octanol–water partition coefficient (Wildman–Crippen LogP) is 5.92. The van der Waals surface area contributed by atoms with Crippen LogP contribution in [0.1, 0.15) is 13.8 Å². The number of carbonyl (C=O) groups excluding carboxylic acids is 4. The van der Waals surface area contributed by atoms with Crippen LogP contribution in [-0.2, 0) is 35.7 Å². The van der Waals surface area contributed by atoms with Gasteiger partial charge in [-0.2, -0.15) is 15.0 Å². The van der Waals surface area contributed by atoms with Gasteiger partial charge in [0.25, 0.3) is 0 Å². The molecule has 38 heavy (non-hydrogen) atoms. The van der Waals surface area contributed by atoms with Crippen LogP contribution in [0.25, 0.3) is 0 Å². The molecule has 0 aliphatic rings. The van der Waals surface area contributed by atoms with Crippen LogP contribution >= 0.6 is 6.72 Å². The molecule has 0 saturated heterocycles. The summed E-state index contributed by atoms with van der Waals surface area (Å²) in [6.07, 6.45) is 4.36. The standard InChI is InChI=1S/C21H12N3O6PS.C4H8O2/c25-13-22-16-1-7-19(8-2-16)28-31(32,29-20-9-3-17(4-10-20)23-14-26)30-21-11-5-18(6-12-21)24-15-27;1-3-6-4(2)5/h1-12H;3H2,1-2H3. The fourth-order valence-corrected chi connectivity index (χ4v) is 4.58. The number of rotatable bonds is 10. The van der Waals surface area contributed by atoms with Crippen molar-refractivity contribution in [2.75, 3.05) is 6.61 Å². The lowest BCUT2D eigenvalue weighted by Crippen LogP contribution is -2.07. The van der Waals surface area contributed by atoms with Crippen molar-refractivity contribution in [1.29, 1.82) is 0 Å². The lowest BCUT2D eigenvalue weighted by Gasteiger charge is -2.23. The zero-order chi connectivity index (χ0) is 27.8. The third-order valence-electron chi connectivity index (χ3n) is 4.03. The lowest BCUT2D eigenvalue weighted by molar-refractivity contribution is -0.140. The van der Waals surface area contributed by atoms with Gasteiger partial charge in [0.1, 0.15) is 17.2 Å². The van der Waals surface area contributed by atoms with E-state index in [1.165, 1.54) is 25.2 Å². The third-order valence-corrected chi connectivity index (χ3v) is 6.01. The molecule has 0 saturated carbocycles. The van der Waals surface area contributed by atoms with Crippen molar-refractivity contribution in [2.45, 2.75) is 13.8 Å². The zero-order valence-corrected chi connectivity index (χ0v) is 21.8. The van der Waals surface area contributed by atoms with Crippen LogP contribution in [0.2, 0.25) is 0 Å². The van der Waals surface area contributed by atoms with Gasteiger partial charge in [-0.15, -0.1) is 0 Å². The summed E-state index contributed by atoms with van der Waals surface area (Å²) in [5, 5.41) is 0. The van der Waals surface area contributed by atoms with Crippen LogP contribution in [0.3, 0.4) is 0 Å². The molecule has 0 aliphatic heterocycles. The smallest absolute Gasteiger partial charge is 0.466 e. The zero-order valence-electron chi connectivity index (χ0n) is 20.1. The van der Waals surface area contributed by atoms with Crippen molar-refractivity contribution in [3.8, 4) is 17.2 Å². The SMILES string of the molecule is CCOC(C)=O.O=C=Nc1ccc(OP(=S)(Oc2ccc(N=C=O)cc2)Oc2ccc(N=C=O)cc2)cc1. The van der Waals surface area contributed by atoms with E-state index >= 15 is 0 Å². The Morgan fingerprint density at radius 2 is 0.974 bits per heavy atom. The Balaban J connectivity index is 0.000000757. The first kappa shape index (κ1) is 29.5. The topological polar surface area (TPSA) is 142 Å². The largest absolute Gasteiger partial charge is 0.490 e. The van der Waals surface area contributed by atoms with Crippen molar-refractivity contribution in [3.05, 3.63) is 72.8 Å². The number of esters is 1. The quantitative estimate of drug-likeness (QED) is 0.129. The van der Waals surface area contributed by atoms with Gasteiger partial charge in [-0.3, -0.25) is 4.79 Å². The first-order chi connectivity index (χ1) is 18.3. The summed E-state index contributed by atoms with van der Waals surface area (Å²) in [6.45, 7) is 0.186. The second-order valence-electron chi connectivity index (χ2n) is 6.74. The van der Waals surface area contributed by atoms with Gasteiger partial charge < -0.3 is 18.3 Å². The summed E-state index contributed by atoms with van der Waals surface area (Å²) in [6, 6.07) is 18.5. The molecule has 0 aromatic heterocycles. The van der Waals surface area contributed by atoms with Gasteiger partial charge in [0, 0.05) is 18.7 Å². The van der Waals surface area contributed by atoms with Gasteiger partial charge in [0.05, 0.1) is 23.7 Å². The number of benzene rings is 3. The number of isocyanates is 3. The molecule has 13 heteroatoms. The molecule has 0 radical (unpaired) electrons. The van der Waals surface area contributed by atoms with Crippen LogP contribution in [0.4, 0.5) is 17.1 Å². The van der Waals surface area contributed by atoms with E-state index in [2.05, 4.69) is 19.7 Å². The Labute approximate surface area is 222 Å². The fraction of sp³-hybridized carbons (Fsp3) is 0.120. The number of hydrogen-bond donors (Lipinski definition) is 0. The average Bonchev–Trinajstić information content (AvgIpc) is 2.88. The summed E-state index contributed by atoms with van der Waals surface area (Å²) in [5.74, 6) is 0.755. The van der Waals surface area contributed by atoms with Crippen molar-refractivity contribution in [2.24, 2.45) is 15.0 Å². The summed E-state index contributed by atoms with van der Waals surface area (Å²) in [7, 11) is 0. The molecule has 0 N–H and O–H groups in total. The molecule has 0 bridgehead atoms. The molecular weight excluding hydrogens is 533 g/mol. The molecule has 0 aliphatic carbocycles. The van der Waals surface area contributed by atoms with Crippen molar-refractivity contribution in [3.63, 3.8) is 0 Å². The Morgan fingerprint density at radius 1 is 0.684 bits per heavy atom. The van der Waals surface area contributed by atoms with Gasteiger partial charge in [-0.05, 0) is 79.7 Å². The number of hydrogen-bond acceptors (Lipinski definition) is 12. The van der Waals surface area contributed by atoms with E-state index < -0.39 is 6.72 Å². The summed E-state index contributed by atoms with van der Waals surface area (Å²) >= 11 is 5.59. The summed E-state index contributed by atoms with van der Waals surface area (Å²) < 4.78 is 22.0. The van der Waals surface area contributed by atoms with E-state index in [-0.39, 0.29) is 5.97 Å². The normalized spacial score (nSPS) is 10.9. The van der Waals surface area contributed by atoms with Crippen LogP contribution in [0, 0.1) is 0 Å². The minimum Gasteiger partial charge on any atom is -0.466 e. The summed E-state index contributed by atoms with van der Waals surface area (Å²) in [4.78, 5) is 51.5. The second-order valence-corrected chi connectivity index (χ2v) is 9.52. The van der Waals surface area contributed by atoms with Gasteiger partial charge in [-0.25, -0.2) is 14.4 Å². The first-order valence-electron chi connectivity index (χ1n) is 10.7. The minimum absolute atomic E-state index is 0.211. The van der Waals surface area contributed by atoms with Crippen LogP contribution in [-0.4, -0.2) is 30.8 Å². The third kappa shape index (κ3) is 10.5. The van der Waals surface area contributed by atoms with Crippen LogP contribution < -0.4 is 13.6 Å². The Kier molecular flexibility index (Phi) is 12.0. The molecule has 3 aromatic rings. The van der Waals surface area contributed by atoms with Gasteiger partial charge in [-0.1, -0.05) is 0 Å². The molecule has 0 atom stereocenters. The van der Waals surface area contributed by atoms with Crippen LogP contribution in [0.5, 0.6) is 17.2 Å². The molecule has 3 aromatic carbocycles. The van der Waals surface area contributed by atoms with Crippen molar-refractivity contribution < 1.29 is 37.5 Å². The molecular formula is C25H20N3O8PS. The monoisotopic (exact) mass is 553 g/mol. The Bertz CT molecular complexity index is 1250. The number of nitrogens with zero attached hydrogens (tertiary/aromatic N) is 3. The van der Waals surface area contributed by atoms with Gasteiger partial charge in [0.2, 0.25) is 18.2 Å². The number of carbonyl (C=O) groups is 1.